The van der Waals surface area contributed by atoms with Gasteiger partial charge >= 0.3 is 0 Å². The van der Waals surface area contributed by atoms with Crippen molar-refractivity contribution in [1.82, 2.24) is 0 Å². The van der Waals surface area contributed by atoms with Gasteiger partial charge in [-0.3, -0.25) is 4.79 Å². The summed E-state index contributed by atoms with van der Waals surface area (Å²) in [6.45, 7) is 4.09. The number of carbonyl (C=O) groups is 1. The molecule has 2 aromatic carbocycles. The first-order chi connectivity index (χ1) is 12.0. The summed E-state index contributed by atoms with van der Waals surface area (Å²) < 4.78 is 16.4. The summed E-state index contributed by atoms with van der Waals surface area (Å²) in [6, 6.07) is 8.84. The first-order valence-corrected chi connectivity index (χ1v) is 8.36. The summed E-state index contributed by atoms with van der Waals surface area (Å²) in [5.74, 6) is 1.51. The van der Waals surface area contributed by atoms with E-state index in [0.717, 1.165) is 5.56 Å². The molecule has 0 bridgehead atoms. The van der Waals surface area contributed by atoms with E-state index in [1.165, 1.54) is 14.2 Å². The van der Waals surface area contributed by atoms with Crippen LogP contribution in [0.2, 0.25) is 5.02 Å². The molecule has 0 unspecified atom stereocenters. The molecule has 0 saturated carbocycles. The van der Waals surface area contributed by atoms with Crippen LogP contribution in [0.3, 0.4) is 0 Å². The second kappa shape index (κ2) is 6.84. The van der Waals surface area contributed by atoms with Crippen LogP contribution in [0.25, 0.3) is 0 Å². The lowest BCUT2D eigenvalue weighted by molar-refractivity contribution is 0.102. The van der Waals surface area contributed by atoms with Gasteiger partial charge in [0.1, 0.15) is 23.4 Å². The van der Waals surface area contributed by atoms with Crippen molar-refractivity contribution in [2.45, 2.75) is 25.9 Å². The molecule has 25 heavy (non-hydrogen) atoms. The number of fused-ring (bicyclic) bond motifs is 1. The fourth-order valence-corrected chi connectivity index (χ4v) is 3.14. The Kier molecular flexibility index (Phi) is 4.77. The van der Waals surface area contributed by atoms with Crippen LogP contribution >= 0.6 is 11.6 Å². The SMILES string of the molecule is COc1cc(NC(=O)c2cccc3c2O[C@@H](C)[C@@H]3C)c(OC)cc1Cl. The molecule has 0 radical (unpaired) electrons. The fraction of sp³-hybridized carbons (Fsp3) is 0.316. The summed E-state index contributed by atoms with van der Waals surface area (Å²) in [7, 11) is 3.03. The van der Waals surface area contributed by atoms with Crippen molar-refractivity contribution in [2.75, 3.05) is 19.5 Å². The van der Waals surface area contributed by atoms with Gasteiger partial charge in [-0.05, 0) is 13.0 Å². The number of hydrogen-bond donors (Lipinski definition) is 1. The minimum atomic E-state index is -0.277. The van der Waals surface area contributed by atoms with E-state index in [-0.39, 0.29) is 17.9 Å². The van der Waals surface area contributed by atoms with Gasteiger partial charge in [0.2, 0.25) is 0 Å². The van der Waals surface area contributed by atoms with Crippen molar-refractivity contribution in [3.05, 3.63) is 46.5 Å². The molecule has 0 aliphatic carbocycles. The number of anilines is 1. The van der Waals surface area contributed by atoms with E-state index in [1.54, 1.807) is 18.2 Å². The average Bonchev–Trinajstić information content (AvgIpc) is 2.90. The molecule has 132 valence electrons. The number of methoxy groups -OCH3 is 2. The lowest BCUT2D eigenvalue weighted by Gasteiger charge is -2.14. The molecule has 2 aromatic rings. The van der Waals surface area contributed by atoms with Crippen LogP contribution in [-0.4, -0.2) is 26.2 Å². The minimum Gasteiger partial charge on any atom is -0.495 e. The van der Waals surface area contributed by atoms with E-state index >= 15 is 0 Å². The Labute approximate surface area is 151 Å². The van der Waals surface area contributed by atoms with Crippen LogP contribution in [0.5, 0.6) is 17.2 Å². The van der Waals surface area contributed by atoms with Crippen molar-refractivity contribution in [3.63, 3.8) is 0 Å². The predicted molar refractivity (Wildman–Crippen MR) is 97.5 cm³/mol. The van der Waals surface area contributed by atoms with Crippen molar-refractivity contribution in [3.8, 4) is 17.2 Å². The average molecular weight is 362 g/mol. The Morgan fingerprint density at radius 1 is 1.16 bits per heavy atom. The minimum absolute atomic E-state index is 0.0362. The fourth-order valence-electron chi connectivity index (χ4n) is 2.91. The van der Waals surface area contributed by atoms with Gasteiger partial charge < -0.3 is 19.5 Å². The third kappa shape index (κ3) is 3.12. The number of hydrogen-bond acceptors (Lipinski definition) is 4. The molecule has 6 heteroatoms. The normalized spacial score (nSPS) is 18.3. The molecule has 0 fully saturated rings. The lowest BCUT2D eigenvalue weighted by Crippen LogP contribution is -2.15. The number of amides is 1. The molecule has 0 saturated heterocycles. The Morgan fingerprint density at radius 3 is 2.56 bits per heavy atom. The third-order valence-corrected chi connectivity index (χ3v) is 4.81. The van der Waals surface area contributed by atoms with Crippen LogP contribution in [-0.2, 0) is 0 Å². The number of rotatable bonds is 4. The summed E-state index contributed by atoms with van der Waals surface area (Å²) in [4.78, 5) is 12.8. The highest BCUT2D eigenvalue weighted by atomic mass is 35.5. The third-order valence-electron chi connectivity index (χ3n) is 4.51. The zero-order valence-electron chi connectivity index (χ0n) is 14.6. The van der Waals surface area contributed by atoms with Gasteiger partial charge in [-0.1, -0.05) is 30.7 Å². The van der Waals surface area contributed by atoms with E-state index in [4.69, 9.17) is 25.8 Å². The van der Waals surface area contributed by atoms with E-state index in [9.17, 15) is 4.79 Å². The number of ether oxygens (including phenoxy) is 3. The molecule has 0 aromatic heterocycles. The summed E-state index contributed by atoms with van der Waals surface area (Å²) in [6.07, 6.45) is 0.0362. The molecular formula is C19H20ClNO4. The molecule has 1 amide bonds. The quantitative estimate of drug-likeness (QED) is 0.871. The smallest absolute Gasteiger partial charge is 0.259 e. The van der Waals surface area contributed by atoms with E-state index < -0.39 is 0 Å². The van der Waals surface area contributed by atoms with Crippen LogP contribution in [0.4, 0.5) is 5.69 Å². The van der Waals surface area contributed by atoms with Gasteiger partial charge in [0.15, 0.2) is 0 Å². The first kappa shape index (κ1) is 17.4. The molecule has 0 spiro atoms. The van der Waals surface area contributed by atoms with E-state index in [1.807, 2.05) is 19.1 Å². The largest absolute Gasteiger partial charge is 0.495 e. The monoisotopic (exact) mass is 361 g/mol. The molecule has 1 aliphatic rings. The topological polar surface area (TPSA) is 56.8 Å². The number of halogens is 1. The first-order valence-electron chi connectivity index (χ1n) is 7.98. The Morgan fingerprint density at radius 2 is 1.88 bits per heavy atom. The highest BCUT2D eigenvalue weighted by Crippen LogP contribution is 2.41. The maximum Gasteiger partial charge on any atom is 0.259 e. The zero-order valence-corrected chi connectivity index (χ0v) is 15.3. The molecule has 3 rings (SSSR count). The van der Waals surface area contributed by atoms with E-state index in [2.05, 4.69) is 12.2 Å². The van der Waals surface area contributed by atoms with Crippen LogP contribution < -0.4 is 19.5 Å². The molecule has 1 aliphatic heterocycles. The summed E-state index contributed by atoms with van der Waals surface area (Å²) in [5, 5.41) is 3.26. The molecule has 1 N–H and O–H groups in total. The lowest BCUT2D eigenvalue weighted by atomic mass is 9.97. The van der Waals surface area contributed by atoms with Gasteiger partial charge in [0.05, 0.1) is 30.5 Å². The number of para-hydroxylation sites is 1. The number of carbonyl (C=O) groups excluding carboxylic acids is 1. The molecule has 1 heterocycles. The summed E-state index contributed by atoms with van der Waals surface area (Å²) >= 11 is 6.10. The highest BCUT2D eigenvalue weighted by molar-refractivity contribution is 6.32. The summed E-state index contributed by atoms with van der Waals surface area (Å²) in [5.41, 5.74) is 2.01. The Hall–Kier alpha value is -2.40. The maximum absolute atomic E-state index is 12.8. The predicted octanol–water partition coefficient (Wildman–Crippen LogP) is 4.49. The number of nitrogens with one attached hydrogen (secondary N) is 1. The van der Waals surface area contributed by atoms with Crippen LogP contribution in [0.1, 0.15) is 35.7 Å². The maximum atomic E-state index is 12.8. The molecule has 5 nitrogen and oxygen atoms in total. The molecular weight excluding hydrogens is 342 g/mol. The van der Waals surface area contributed by atoms with Crippen LogP contribution in [0.15, 0.2) is 30.3 Å². The van der Waals surface area contributed by atoms with Crippen molar-refractivity contribution in [2.24, 2.45) is 0 Å². The van der Waals surface area contributed by atoms with Gasteiger partial charge in [0, 0.05) is 23.6 Å². The van der Waals surface area contributed by atoms with Gasteiger partial charge in [-0.15, -0.1) is 0 Å². The van der Waals surface area contributed by atoms with Crippen molar-refractivity contribution < 1.29 is 19.0 Å². The van der Waals surface area contributed by atoms with Crippen molar-refractivity contribution >= 4 is 23.2 Å². The standard InChI is InChI=1S/C19H20ClNO4/c1-10-11(2)25-18-12(10)6-5-7-13(18)19(22)21-15-9-16(23-3)14(20)8-17(15)24-4/h5-11H,1-4H3,(H,21,22)/t10-,11-/m0/s1. The number of benzene rings is 2. The van der Waals surface area contributed by atoms with Gasteiger partial charge in [-0.25, -0.2) is 0 Å². The van der Waals surface area contributed by atoms with Crippen LogP contribution in [0, 0.1) is 0 Å². The van der Waals surface area contributed by atoms with Gasteiger partial charge in [-0.2, -0.15) is 0 Å². The highest BCUT2D eigenvalue weighted by Gasteiger charge is 2.31. The second-order valence-electron chi connectivity index (χ2n) is 5.98. The zero-order chi connectivity index (χ0) is 18.1. The van der Waals surface area contributed by atoms with E-state index in [0.29, 0.717) is 33.5 Å². The molecule has 2 atom stereocenters. The van der Waals surface area contributed by atoms with Gasteiger partial charge in [0.25, 0.3) is 5.91 Å². The second-order valence-corrected chi connectivity index (χ2v) is 6.38. The van der Waals surface area contributed by atoms with Crippen molar-refractivity contribution in [1.29, 1.82) is 0 Å². The Balaban J connectivity index is 1.95. The Bertz CT molecular complexity index is 821.